The predicted octanol–water partition coefficient (Wildman–Crippen LogP) is 2.19. The number of carbonyl (C=O) groups is 1. The smallest absolute Gasteiger partial charge is 0.267 e. The molecule has 2 aromatic carbocycles. The second-order valence-electron chi connectivity index (χ2n) is 7.47. The van der Waals surface area contributed by atoms with Crippen LogP contribution in [0.3, 0.4) is 0 Å². The highest BCUT2D eigenvalue weighted by atomic mass is 32.2. The molecule has 1 amide bonds. The molecule has 1 aliphatic heterocycles. The number of nitrogens with one attached hydrogen (secondary N) is 1. The Labute approximate surface area is 189 Å². The number of fused-ring (bicyclic) bond motifs is 1. The first-order valence-corrected chi connectivity index (χ1v) is 13.4. The van der Waals surface area contributed by atoms with Crippen LogP contribution in [0.5, 0.6) is 5.75 Å². The highest BCUT2D eigenvalue weighted by molar-refractivity contribution is 7.92. The minimum atomic E-state index is -3.63. The van der Waals surface area contributed by atoms with Crippen molar-refractivity contribution in [1.29, 1.82) is 0 Å². The molecule has 1 atom stereocenters. The van der Waals surface area contributed by atoms with Gasteiger partial charge in [-0.15, -0.1) is 0 Å². The van der Waals surface area contributed by atoms with Crippen molar-refractivity contribution in [3.8, 4) is 5.75 Å². The maximum Gasteiger partial charge on any atom is 0.267 e. The predicted molar refractivity (Wildman–Crippen MR) is 123 cm³/mol. The Morgan fingerprint density at radius 1 is 1.09 bits per heavy atom. The summed E-state index contributed by atoms with van der Waals surface area (Å²) in [4.78, 5) is 12.9. The summed E-state index contributed by atoms with van der Waals surface area (Å²) in [5, 5.41) is 2.67. The molecule has 174 valence electrons. The van der Waals surface area contributed by atoms with Gasteiger partial charge in [0.25, 0.3) is 5.91 Å². The van der Waals surface area contributed by atoms with E-state index in [-0.39, 0.29) is 11.4 Å². The SMILES string of the molecule is CCN(CC)S(=O)(=O)c1ccc(NC(=O)C2CN(S(C)(=O)=O)c3cc(C)ccc3O2)cc1. The Kier molecular flexibility index (Phi) is 6.82. The number of nitrogens with zero attached hydrogens (tertiary/aromatic N) is 2. The molecule has 0 bridgehead atoms. The van der Waals surface area contributed by atoms with E-state index < -0.39 is 32.1 Å². The van der Waals surface area contributed by atoms with Crippen molar-refractivity contribution < 1.29 is 26.4 Å². The number of hydrogen-bond donors (Lipinski definition) is 1. The molecule has 32 heavy (non-hydrogen) atoms. The molecule has 0 spiro atoms. The van der Waals surface area contributed by atoms with Crippen molar-refractivity contribution in [2.45, 2.75) is 31.8 Å². The monoisotopic (exact) mass is 481 g/mol. The van der Waals surface area contributed by atoms with Crippen LogP contribution in [-0.2, 0) is 24.8 Å². The minimum absolute atomic E-state index is 0.126. The van der Waals surface area contributed by atoms with Crippen LogP contribution < -0.4 is 14.4 Å². The Hall–Kier alpha value is -2.63. The zero-order chi connectivity index (χ0) is 23.7. The molecular formula is C21H27N3O6S2. The minimum Gasteiger partial charge on any atom is -0.476 e. The van der Waals surface area contributed by atoms with Gasteiger partial charge in [0, 0.05) is 18.8 Å². The number of sulfonamides is 2. The number of aryl methyl sites for hydroxylation is 1. The van der Waals surface area contributed by atoms with E-state index in [9.17, 15) is 21.6 Å². The fourth-order valence-electron chi connectivity index (χ4n) is 3.46. The zero-order valence-electron chi connectivity index (χ0n) is 18.4. The van der Waals surface area contributed by atoms with Crippen molar-refractivity contribution in [3.05, 3.63) is 48.0 Å². The van der Waals surface area contributed by atoms with Gasteiger partial charge in [-0.05, 0) is 48.9 Å². The summed E-state index contributed by atoms with van der Waals surface area (Å²) in [6, 6.07) is 10.9. The first kappa shape index (κ1) is 24.0. The van der Waals surface area contributed by atoms with Gasteiger partial charge in [0.05, 0.1) is 23.4 Å². The number of ether oxygens (including phenoxy) is 1. The second-order valence-corrected chi connectivity index (χ2v) is 11.3. The van der Waals surface area contributed by atoms with E-state index in [4.69, 9.17) is 4.74 Å². The summed E-state index contributed by atoms with van der Waals surface area (Å²) in [6.07, 6.45) is 0.00747. The number of anilines is 2. The van der Waals surface area contributed by atoms with E-state index in [2.05, 4.69) is 5.32 Å². The van der Waals surface area contributed by atoms with Crippen molar-refractivity contribution in [1.82, 2.24) is 4.31 Å². The number of carbonyl (C=O) groups excluding carboxylic acids is 1. The summed E-state index contributed by atoms with van der Waals surface area (Å²) in [5.74, 6) is -0.239. The lowest BCUT2D eigenvalue weighted by molar-refractivity contribution is -0.122. The van der Waals surface area contributed by atoms with Crippen LogP contribution in [0, 0.1) is 6.92 Å². The molecule has 0 aromatic heterocycles. The summed E-state index contributed by atoms with van der Waals surface area (Å²) < 4.78 is 58.1. The molecule has 0 saturated carbocycles. The molecule has 9 nitrogen and oxygen atoms in total. The van der Waals surface area contributed by atoms with Crippen LogP contribution in [-0.4, -0.2) is 59.0 Å². The third-order valence-corrected chi connectivity index (χ3v) is 8.35. The lowest BCUT2D eigenvalue weighted by Crippen LogP contribution is -2.48. The van der Waals surface area contributed by atoms with E-state index >= 15 is 0 Å². The third-order valence-electron chi connectivity index (χ3n) is 5.14. The highest BCUT2D eigenvalue weighted by Crippen LogP contribution is 2.36. The fourth-order valence-corrected chi connectivity index (χ4v) is 5.82. The van der Waals surface area contributed by atoms with Gasteiger partial charge < -0.3 is 10.1 Å². The van der Waals surface area contributed by atoms with Crippen molar-refractivity contribution >= 4 is 37.3 Å². The second kappa shape index (κ2) is 9.08. The number of hydrogen-bond acceptors (Lipinski definition) is 6. The van der Waals surface area contributed by atoms with Gasteiger partial charge in [0.2, 0.25) is 20.0 Å². The molecule has 1 aliphatic rings. The van der Waals surface area contributed by atoms with Crippen LogP contribution in [0.4, 0.5) is 11.4 Å². The van der Waals surface area contributed by atoms with E-state index in [1.807, 2.05) is 6.92 Å². The Balaban J connectivity index is 1.80. The molecular weight excluding hydrogens is 454 g/mol. The van der Waals surface area contributed by atoms with Crippen molar-refractivity contribution in [2.24, 2.45) is 0 Å². The van der Waals surface area contributed by atoms with Gasteiger partial charge in [0.15, 0.2) is 6.10 Å². The van der Waals surface area contributed by atoms with Gasteiger partial charge in [-0.3, -0.25) is 9.10 Å². The molecule has 1 unspecified atom stereocenters. The molecule has 3 rings (SSSR count). The van der Waals surface area contributed by atoms with E-state index in [1.165, 1.54) is 28.6 Å². The topological polar surface area (TPSA) is 113 Å². The maximum atomic E-state index is 12.8. The average Bonchev–Trinajstić information content (AvgIpc) is 2.73. The van der Waals surface area contributed by atoms with Crippen molar-refractivity contribution in [2.75, 3.05) is 35.5 Å². The highest BCUT2D eigenvalue weighted by Gasteiger charge is 2.35. The van der Waals surface area contributed by atoms with Crippen LogP contribution in [0.25, 0.3) is 0 Å². The molecule has 0 saturated heterocycles. The summed E-state index contributed by atoms with van der Waals surface area (Å²) in [5.41, 5.74) is 1.63. The first-order chi connectivity index (χ1) is 15.0. The molecule has 2 aromatic rings. The van der Waals surface area contributed by atoms with Crippen molar-refractivity contribution in [3.63, 3.8) is 0 Å². The molecule has 0 aliphatic carbocycles. The van der Waals surface area contributed by atoms with Crippen LogP contribution in [0.2, 0.25) is 0 Å². The van der Waals surface area contributed by atoms with Gasteiger partial charge >= 0.3 is 0 Å². The van der Waals surface area contributed by atoms with Crippen LogP contribution in [0.15, 0.2) is 47.4 Å². The Bertz CT molecular complexity index is 1210. The molecule has 11 heteroatoms. The number of amides is 1. The fraction of sp³-hybridized carbons (Fsp3) is 0.381. The molecule has 0 fully saturated rings. The van der Waals surface area contributed by atoms with Gasteiger partial charge in [-0.2, -0.15) is 4.31 Å². The summed E-state index contributed by atoms with van der Waals surface area (Å²) >= 11 is 0. The number of rotatable bonds is 7. The summed E-state index contributed by atoms with van der Waals surface area (Å²) in [7, 11) is -7.23. The van der Waals surface area contributed by atoms with Crippen LogP contribution in [0.1, 0.15) is 19.4 Å². The standard InChI is InChI=1S/C21H27N3O6S2/c1-5-23(6-2)32(28,29)17-10-8-16(9-11-17)22-21(25)20-14-24(31(4,26)27)18-13-15(3)7-12-19(18)30-20/h7-13,20H,5-6,14H2,1-4H3,(H,22,25). The van der Waals surface area contributed by atoms with Gasteiger partial charge in [-0.25, -0.2) is 16.8 Å². The molecule has 0 radical (unpaired) electrons. The molecule has 1 heterocycles. The zero-order valence-corrected chi connectivity index (χ0v) is 20.0. The average molecular weight is 482 g/mol. The lowest BCUT2D eigenvalue weighted by atomic mass is 10.1. The lowest BCUT2D eigenvalue weighted by Gasteiger charge is -2.34. The van der Waals surface area contributed by atoms with E-state index in [0.717, 1.165) is 16.1 Å². The summed E-state index contributed by atoms with van der Waals surface area (Å²) in [6.45, 7) is 5.90. The first-order valence-electron chi connectivity index (χ1n) is 10.1. The quantitative estimate of drug-likeness (QED) is 0.649. The van der Waals surface area contributed by atoms with E-state index in [0.29, 0.717) is 30.2 Å². The van der Waals surface area contributed by atoms with Gasteiger partial charge in [-0.1, -0.05) is 19.9 Å². The molecule has 1 N–H and O–H groups in total. The third kappa shape index (κ3) is 4.89. The number of benzene rings is 2. The maximum absolute atomic E-state index is 12.8. The normalized spacial score (nSPS) is 16.4. The Morgan fingerprint density at radius 3 is 2.28 bits per heavy atom. The van der Waals surface area contributed by atoms with Crippen LogP contribution >= 0.6 is 0 Å². The van der Waals surface area contributed by atoms with Gasteiger partial charge in [0.1, 0.15) is 5.75 Å². The Morgan fingerprint density at radius 2 is 1.72 bits per heavy atom. The van der Waals surface area contributed by atoms with E-state index in [1.54, 1.807) is 32.0 Å². The largest absolute Gasteiger partial charge is 0.476 e.